The first-order chi connectivity index (χ1) is 6.47. The molecule has 0 amide bonds. The first kappa shape index (κ1) is 12.0. The highest BCUT2D eigenvalue weighted by atomic mass is 16.7. The van der Waals surface area contributed by atoms with Gasteiger partial charge in [0.05, 0.1) is 13.2 Å². The lowest BCUT2D eigenvalue weighted by molar-refractivity contribution is -0.292. The molecule has 0 aliphatic carbocycles. The summed E-state index contributed by atoms with van der Waals surface area (Å²) in [5, 5.41) is 0. The summed E-state index contributed by atoms with van der Waals surface area (Å²) in [6.07, 6.45) is 4.75. The molecule has 1 aliphatic heterocycles. The van der Waals surface area contributed by atoms with Crippen molar-refractivity contribution in [2.45, 2.75) is 59.2 Å². The fourth-order valence-electron chi connectivity index (χ4n) is 1.62. The van der Waals surface area contributed by atoms with Gasteiger partial charge in [0, 0.05) is 11.8 Å². The maximum atomic E-state index is 5.81. The fourth-order valence-corrected chi connectivity index (χ4v) is 1.62. The third-order valence-electron chi connectivity index (χ3n) is 2.77. The van der Waals surface area contributed by atoms with Crippen LogP contribution in [0.5, 0.6) is 0 Å². The molecule has 0 atom stereocenters. The summed E-state index contributed by atoms with van der Waals surface area (Å²) in [6.45, 7) is 10.3. The van der Waals surface area contributed by atoms with E-state index in [1.54, 1.807) is 0 Å². The Balaban J connectivity index is 2.30. The summed E-state index contributed by atoms with van der Waals surface area (Å²) < 4.78 is 11.6. The Morgan fingerprint density at radius 1 is 1.00 bits per heavy atom. The van der Waals surface area contributed by atoms with Gasteiger partial charge in [-0.15, -0.1) is 0 Å². The van der Waals surface area contributed by atoms with Crippen molar-refractivity contribution in [3.63, 3.8) is 0 Å². The molecule has 0 spiro atoms. The SMILES string of the molecule is CCCCCC1(C)OCC(C)(C)CO1. The summed E-state index contributed by atoms with van der Waals surface area (Å²) in [7, 11) is 0. The summed E-state index contributed by atoms with van der Waals surface area (Å²) in [5.41, 5.74) is 0.185. The van der Waals surface area contributed by atoms with Gasteiger partial charge in [-0.25, -0.2) is 0 Å². The van der Waals surface area contributed by atoms with Gasteiger partial charge >= 0.3 is 0 Å². The van der Waals surface area contributed by atoms with Crippen molar-refractivity contribution in [1.29, 1.82) is 0 Å². The molecular weight excluding hydrogens is 176 g/mol. The lowest BCUT2D eigenvalue weighted by Crippen LogP contribution is -2.45. The Morgan fingerprint density at radius 3 is 2.07 bits per heavy atom. The summed E-state index contributed by atoms with van der Waals surface area (Å²) >= 11 is 0. The van der Waals surface area contributed by atoms with Gasteiger partial charge in [0.2, 0.25) is 0 Å². The zero-order chi connectivity index (χ0) is 10.7. The van der Waals surface area contributed by atoms with E-state index in [0.717, 1.165) is 19.6 Å². The molecule has 1 rings (SSSR count). The van der Waals surface area contributed by atoms with E-state index in [9.17, 15) is 0 Å². The van der Waals surface area contributed by atoms with Gasteiger partial charge in [-0.3, -0.25) is 0 Å². The van der Waals surface area contributed by atoms with Crippen LogP contribution in [0, 0.1) is 5.41 Å². The number of hydrogen-bond acceptors (Lipinski definition) is 2. The fraction of sp³-hybridized carbons (Fsp3) is 1.00. The van der Waals surface area contributed by atoms with E-state index in [1.807, 2.05) is 0 Å². The molecule has 1 aliphatic rings. The third kappa shape index (κ3) is 3.58. The van der Waals surface area contributed by atoms with Crippen LogP contribution in [0.25, 0.3) is 0 Å². The van der Waals surface area contributed by atoms with Crippen molar-refractivity contribution in [2.75, 3.05) is 13.2 Å². The Labute approximate surface area is 88.0 Å². The highest BCUT2D eigenvalue weighted by molar-refractivity contribution is 4.77. The van der Waals surface area contributed by atoms with Crippen LogP contribution in [0.15, 0.2) is 0 Å². The Kier molecular flexibility index (Phi) is 3.96. The van der Waals surface area contributed by atoms with Gasteiger partial charge in [0.1, 0.15) is 0 Å². The highest BCUT2D eigenvalue weighted by Crippen LogP contribution is 2.32. The van der Waals surface area contributed by atoms with Gasteiger partial charge in [0.25, 0.3) is 0 Å². The first-order valence-corrected chi connectivity index (χ1v) is 5.75. The average Bonchev–Trinajstić information content (AvgIpc) is 2.12. The van der Waals surface area contributed by atoms with Crippen LogP contribution >= 0.6 is 0 Å². The summed E-state index contributed by atoms with van der Waals surface area (Å²) in [5.74, 6) is -0.315. The second kappa shape index (κ2) is 4.63. The monoisotopic (exact) mass is 200 g/mol. The smallest absolute Gasteiger partial charge is 0.165 e. The molecule has 84 valence electrons. The Hall–Kier alpha value is -0.0800. The van der Waals surface area contributed by atoms with Crippen LogP contribution in [0.3, 0.4) is 0 Å². The second-order valence-electron chi connectivity index (χ2n) is 5.33. The molecule has 0 aromatic rings. The minimum atomic E-state index is -0.315. The molecule has 1 fully saturated rings. The number of rotatable bonds is 4. The van der Waals surface area contributed by atoms with E-state index in [4.69, 9.17) is 9.47 Å². The van der Waals surface area contributed by atoms with Crippen molar-refractivity contribution < 1.29 is 9.47 Å². The van der Waals surface area contributed by atoms with Crippen LogP contribution in [0.2, 0.25) is 0 Å². The van der Waals surface area contributed by atoms with Crippen LogP contribution in [0.4, 0.5) is 0 Å². The quantitative estimate of drug-likeness (QED) is 0.648. The molecule has 0 radical (unpaired) electrons. The number of unbranched alkanes of at least 4 members (excludes halogenated alkanes) is 2. The van der Waals surface area contributed by atoms with Crippen molar-refractivity contribution in [3.8, 4) is 0 Å². The van der Waals surface area contributed by atoms with Gasteiger partial charge in [-0.05, 0) is 13.3 Å². The van der Waals surface area contributed by atoms with E-state index < -0.39 is 0 Å². The normalized spacial score (nSPS) is 24.9. The molecule has 2 nitrogen and oxygen atoms in total. The highest BCUT2D eigenvalue weighted by Gasteiger charge is 2.36. The van der Waals surface area contributed by atoms with E-state index in [1.165, 1.54) is 19.3 Å². The predicted molar refractivity (Wildman–Crippen MR) is 58.2 cm³/mol. The molecule has 0 unspecified atom stereocenters. The molecule has 0 N–H and O–H groups in total. The second-order valence-corrected chi connectivity index (χ2v) is 5.33. The molecule has 2 heteroatoms. The molecule has 0 aromatic heterocycles. The maximum Gasteiger partial charge on any atom is 0.165 e. The van der Waals surface area contributed by atoms with Crippen LogP contribution < -0.4 is 0 Å². The van der Waals surface area contributed by atoms with Crippen LogP contribution in [0.1, 0.15) is 53.4 Å². The lowest BCUT2D eigenvalue weighted by Gasteiger charge is -2.41. The van der Waals surface area contributed by atoms with Crippen molar-refractivity contribution in [1.82, 2.24) is 0 Å². The average molecular weight is 200 g/mol. The van der Waals surface area contributed by atoms with Crippen molar-refractivity contribution in [3.05, 3.63) is 0 Å². The molecular formula is C12H24O2. The zero-order valence-electron chi connectivity index (χ0n) is 10.1. The van der Waals surface area contributed by atoms with Gasteiger partial charge in [0.15, 0.2) is 5.79 Å². The maximum absolute atomic E-state index is 5.81. The number of ether oxygens (including phenoxy) is 2. The Morgan fingerprint density at radius 2 is 1.57 bits per heavy atom. The van der Waals surface area contributed by atoms with E-state index in [0.29, 0.717) is 0 Å². The molecule has 1 saturated heterocycles. The van der Waals surface area contributed by atoms with Gasteiger partial charge in [-0.2, -0.15) is 0 Å². The molecule has 14 heavy (non-hydrogen) atoms. The molecule has 0 bridgehead atoms. The number of hydrogen-bond donors (Lipinski definition) is 0. The van der Waals surface area contributed by atoms with Gasteiger partial charge in [-0.1, -0.05) is 33.6 Å². The van der Waals surface area contributed by atoms with Crippen molar-refractivity contribution >= 4 is 0 Å². The van der Waals surface area contributed by atoms with Crippen molar-refractivity contribution in [2.24, 2.45) is 5.41 Å². The minimum absolute atomic E-state index is 0.185. The minimum Gasteiger partial charge on any atom is -0.350 e. The van der Waals surface area contributed by atoms with Crippen LogP contribution in [-0.2, 0) is 9.47 Å². The molecule has 0 saturated carbocycles. The van der Waals surface area contributed by atoms with E-state index >= 15 is 0 Å². The standard InChI is InChI=1S/C12H24O2/c1-5-6-7-8-12(4)13-9-11(2,3)10-14-12/h5-10H2,1-4H3. The zero-order valence-corrected chi connectivity index (χ0v) is 10.1. The predicted octanol–water partition coefficient (Wildman–Crippen LogP) is 3.36. The lowest BCUT2D eigenvalue weighted by atomic mass is 9.94. The third-order valence-corrected chi connectivity index (χ3v) is 2.77. The van der Waals surface area contributed by atoms with Gasteiger partial charge < -0.3 is 9.47 Å². The Bertz CT molecular complexity index is 165. The first-order valence-electron chi connectivity index (χ1n) is 5.75. The summed E-state index contributed by atoms with van der Waals surface area (Å²) in [6, 6.07) is 0. The largest absolute Gasteiger partial charge is 0.350 e. The molecule has 0 aromatic carbocycles. The van der Waals surface area contributed by atoms with E-state index in [-0.39, 0.29) is 11.2 Å². The summed E-state index contributed by atoms with van der Waals surface area (Å²) in [4.78, 5) is 0. The van der Waals surface area contributed by atoms with Crippen LogP contribution in [-0.4, -0.2) is 19.0 Å². The van der Waals surface area contributed by atoms with E-state index in [2.05, 4.69) is 27.7 Å². The topological polar surface area (TPSA) is 18.5 Å². The molecule has 1 heterocycles.